The third-order valence-electron chi connectivity index (χ3n) is 4.61. The summed E-state index contributed by atoms with van der Waals surface area (Å²) in [6.07, 6.45) is 11.4. The molecule has 1 N–H and O–H groups in total. The van der Waals surface area contributed by atoms with Crippen molar-refractivity contribution in [2.75, 3.05) is 7.11 Å². The maximum absolute atomic E-state index is 10.4. The lowest BCUT2D eigenvalue weighted by molar-refractivity contribution is -0.0767. The van der Waals surface area contributed by atoms with E-state index in [1.165, 1.54) is 57.8 Å². The largest absolute Gasteiger partial charge is 0.390 e. The molecule has 0 radical (unpaired) electrons. The van der Waals surface area contributed by atoms with Gasteiger partial charge in [0.05, 0.1) is 12.2 Å². The summed E-state index contributed by atoms with van der Waals surface area (Å²) in [5.74, 6) is 1.11. The monoisotopic (exact) mass is 226 g/mol. The van der Waals surface area contributed by atoms with E-state index >= 15 is 0 Å². The van der Waals surface area contributed by atoms with Gasteiger partial charge in [-0.1, -0.05) is 32.1 Å². The van der Waals surface area contributed by atoms with Gasteiger partial charge in [-0.25, -0.2) is 0 Å². The van der Waals surface area contributed by atoms with Gasteiger partial charge in [-0.3, -0.25) is 0 Å². The van der Waals surface area contributed by atoms with Crippen molar-refractivity contribution in [2.45, 2.75) is 70.0 Å². The van der Waals surface area contributed by atoms with Gasteiger partial charge in [-0.15, -0.1) is 0 Å². The van der Waals surface area contributed by atoms with Crippen LogP contribution in [0.2, 0.25) is 0 Å². The molecule has 2 heteroatoms. The van der Waals surface area contributed by atoms with E-state index < -0.39 is 0 Å². The Hall–Kier alpha value is -0.0800. The Bertz CT molecular complexity index is 193. The van der Waals surface area contributed by atoms with Crippen LogP contribution in [0.15, 0.2) is 0 Å². The molecule has 2 atom stereocenters. The molecule has 0 heterocycles. The van der Waals surface area contributed by atoms with Gasteiger partial charge in [0.15, 0.2) is 0 Å². The first-order valence-corrected chi connectivity index (χ1v) is 7.04. The lowest BCUT2D eigenvalue weighted by atomic mass is 9.80. The SMILES string of the molecule is COC(C1CCCCC1)C(O)C1CCCC1. The fraction of sp³-hybridized carbons (Fsp3) is 1.00. The molecule has 2 nitrogen and oxygen atoms in total. The van der Waals surface area contributed by atoms with Crippen molar-refractivity contribution >= 4 is 0 Å². The number of hydrogen-bond acceptors (Lipinski definition) is 2. The molecule has 0 spiro atoms. The molecule has 0 aromatic carbocycles. The standard InChI is InChI=1S/C14H26O2/c1-16-14(12-9-3-2-4-10-12)13(15)11-7-5-6-8-11/h11-15H,2-10H2,1H3. The zero-order valence-electron chi connectivity index (χ0n) is 10.5. The molecule has 2 rings (SSSR count). The first-order chi connectivity index (χ1) is 7.83. The van der Waals surface area contributed by atoms with Crippen molar-refractivity contribution in [1.82, 2.24) is 0 Å². The third-order valence-corrected chi connectivity index (χ3v) is 4.61. The van der Waals surface area contributed by atoms with Gasteiger partial charge >= 0.3 is 0 Å². The summed E-state index contributed by atoms with van der Waals surface area (Å²) in [5.41, 5.74) is 0. The molecular weight excluding hydrogens is 200 g/mol. The molecule has 2 fully saturated rings. The minimum Gasteiger partial charge on any atom is -0.390 e. The van der Waals surface area contributed by atoms with E-state index in [-0.39, 0.29) is 12.2 Å². The molecule has 0 saturated heterocycles. The summed E-state index contributed by atoms with van der Waals surface area (Å²) in [6.45, 7) is 0. The lowest BCUT2D eigenvalue weighted by Crippen LogP contribution is -2.40. The summed E-state index contributed by atoms with van der Waals surface area (Å²) in [7, 11) is 1.78. The number of methoxy groups -OCH3 is 1. The molecule has 0 aromatic heterocycles. The van der Waals surface area contributed by atoms with Crippen molar-refractivity contribution in [3.8, 4) is 0 Å². The molecule has 0 amide bonds. The summed E-state index contributed by atoms with van der Waals surface area (Å²) < 4.78 is 5.61. The van der Waals surface area contributed by atoms with Crippen LogP contribution >= 0.6 is 0 Å². The number of aliphatic hydroxyl groups is 1. The van der Waals surface area contributed by atoms with Crippen LogP contribution in [0.5, 0.6) is 0 Å². The van der Waals surface area contributed by atoms with Gasteiger partial charge in [-0.2, -0.15) is 0 Å². The van der Waals surface area contributed by atoms with Crippen LogP contribution in [0.1, 0.15) is 57.8 Å². The Kier molecular flexibility index (Phi) is 4.66. The Morgan fingerprint density at radius 1 is 0.875 bits per heavy atom. The van der Waals surface area contributed by atoms with E-state index in [1.807, 2.05) is 0 Å². The van der Waals surface area contributed by atoms with E-state index in [2.05, 4.69) is 0 Å². The minimum absolute atomic E-state index is 0.100. The number of hydrogen-bond donors (Lipinski definition) is 1. The van der Waals surface area contributed by atoms with Crippen LogP contribution < -0.4 is 0 Å². The molecule has 2 saturated carbocycles. The zero-order valence-corrected chi connectivity index (χ0v) is 10.5. The second-order valence-electron chi connectivity index (χ2n) is 5.63. The highest BCUT2D eigenvalue weighted by atomic mass is 16.5. The van der Waals surface area contributed by atoms with E-state index in [0.717, 1.165) is 0 Å². The quantitative estimate of drug-likeness (QED) is 0.798. The average Bonchev–Trinajstić information content (AvgIpc) is 2.85. The van der Waals surface area contributed by atoms with Crippen molar-refractivity contribution in [1.29, 1.82) is 0 Å². The molecule has 0 aromatic rings. The smallest absolute Gasteiger partial charge is 0.0860 e. The van der Waals surface area contributed by atoms with E-state index in [4.69, 9.17) is 4.74 Å². The molecule has 94 valence electrons. The first kappa shape index (κ1) is 12.4. The third kappa shape index (κ3) is 2.78. The highest BCUT2D eigenvalue weighted by Crippen LogP contribution is 2.35. The highest BCUT2D eigenvalue weighted by Gasteiger charge is 2.35. The maximum atomic E-state index is 10.4. The molecule has 0 bridgehead atoms. The van der Waals surface area contributed by atoms with Gasteiger partial charge in [0.2, 0.25) is 0 Å². The molecule has 0 aliphatic heterocycles. The van der Waals surface area contributed by atoms with Gasteiger partial charge < -0.3 is 9.84 Å². The fourth-order valence-corrected chi connectivity index (χ4v) is 3.64. The number of rotatable bonds is 4. The zero-order chi connectivity index (χ0) is 11.4. The van der Waals surface area contributed by atoms with Gasteiger partial charge in [0.1, 0.15) is 0 Å². The van der Waals surface area contributed by atoms with Gasteiger partial charge in [0.25, 0.3) is 0 Å². The summed E-state index contributed by atoms with van der Waals surface area (Å²) in [5, 5.41) is 10.4. The van der Waals surface area contributed by atoms with Crippen LogP contribution in [-0.4, -0.2) is 24.4 Å². The Morgan fingerprint density at radius 3 is 1.94 bits per heavy atom. The second kappa shape index (κ2) is 6.02. The summed E-state index contributed by atoms with van der Waals surface area (Å²) >= 11 is 0. The highest BCUT2D eigenvalue weighted by molar-refractivity contribution is 4.86. The van der Waals surface area contributed by atoms with Crippen LogP contribution in [-0.2, 0) is 4.74 Å². The average molecular weight is 226 g/mol. The van der Waals surface area contributed by atoms with Crippen LogP contribution in [0.3, 0.4) is 0 Å². The molecule has 2 aliphatic rings. The van der Waals surface area contributed by atoms with Crippen LogP contribution in [0.4, 0.5) is 0 Å². The van der Waals surface area contributed by atoms with Crippen LogP contribution in [0.25, 0.3) is 0 Å². The van der Waals surface area contributed by atoms with Crippen molar-refractivity contribution < 1.29 is 9.84 Å². The lowest BCUT2D eigenvalue weighted by Gasteiger charge is -2.34. The molecule has 2 unspecified atom stereocenters. The van der Waals surface area contributed by atoms with Crippen molar-refractivity contribution in [3.05, 3.63) is 0 Å². The van der Waals surface area contributed by atoms with E-state index in [9.17, 15) is 5.11 Å². The van der Waals surface area contributed by atoms with Crippen molar-refractivity contribution in [2.24, 2.45) is 11.8 Å². The Balaban J connectivity index is 1.91. The van der Waals surface area contributed by atoms with Crippen molar-refractivity contribution in [3.63, 3.8) is 0 Å². The number of aliphatic hydroxyl groups excluding tert-OH is 1. The predicted molar refractivity (Wildman–Crippen MR) is 65.3 cm³/mol. The molecular formula is C14H26O2. The van der Waals surface area contributed by atoms with E-state index in [0.29, 0.717) is 11.8 Å². The Morgan fingerprint density at radius 2 is 1.38 bits per heavy atom. The molecule has 16 heavy (non-hydrogen) atoms. The minimum atomic E-state index is -0.212. The fourth-order valence-electron chi connectivity index (χ4n) is 3.64. The number of ether oxygens (including phenoxy) is 1. The predicted octanol–water partition coefficient (Wildman–Crippen LogP) is 3.13. The Labute approximate surface area is 99.4 Å². The normalized spacial score (nSPS) is 28.1. The second-order valence-corrected chi connectivity index (χ2v) is 5.63. The summed E-state index contributed by atoms with van der Waals surface area (Å²) in [4.78, 5) is 0. The molecule has 2 aliphatic carbocycles. The topological polar surface area (TPSA) is 29.5 Å². The van der Waals surface area contributed by atoms with Gasteiger partial charge in [-0.05, 0) is 37.5 Å². The first-order valence-electron chi connectivity index (χ1n) is 7.04. The summed E-state index contributed by atoms with van der Waals surface area (Å²) in [6, 6.07) is 0. The van der Waals surface area contributed by atoms with Gasteiger partial charge in [0, 0.05) is 7.11 Å². The van der Waals surface area contributed by atoms with E-state index in [1.54, 1.807) is 7.11 Å². The maximum Gasteiger partial charge on any atom is 0.0860 e. The van der Waals surface area contributed by atoms with Crippen LogP contribution in [0, 0.1) is 11.8 Å².